The topological polar surface area (TPSA) is 38.9 Å². The molecule has 0 amide bonds. The van der Waals surface area contributed by atoms with Gasteiger partial charge in [-0.25, -0.2) is 4.98 Å². The fourth-order valence-electron chi connectivity index (χ4n) is 1.84. The molecule has 4 atom stereocenters. The van der Waals surface area contributed by atoms with Crippen molar-refractivity contribution in [2.24, 2.45) is 17.6 Å². The van der Waals surface area contributed by atoms with E-state index in [4.69, 9.17) is 5.73 Å². The quantitative estimate of drug-likeness (QED) is 0.852. The first-order valence-electron chi connectivity index (χ1n) is 5.84. The highest BCUT2D eigenvalue weighted by Crippen LogP contribution is 2.48. The zero-order chi connectivity index (χ0) is 11.0. The molecule has 1 aliphatic rings. The molecule has 2 rings (SSSR count). The zero-order valence-corrected chi connectivity index (χ0v) is 10.6. The second kappa shape index (κ2) is 4.22. The number of nitrogens with zero attached hydrogens (tertiary/aromatic N) is 1. The Kier molecular flexibility index (Phi) is 3.12. The number of aromatic nitrogens is 1. The molecule has 1 aliphatic carbocycles. The minimum absolute atomic E-state index is 0.119. The highest BCUT2D eigenvalue weighted by atomic mass is 32.1. The summed E-state index contributed by atoms with van der Waals surface area (Å²) in [5.74, 6) is 2.09. The molecule has 0 aromatic carbocycles. The van der Waals surface area contributed by atoms with Gasteiger partial charge >= 0.3 is 0 Å². The predicted molar refractivity (Wildman–Crippen MR) is 65.0 cm³/mol. The SMILES string of the molecule is CCC(C)C(N)c1csc(C2CC2C)n1. The van der Waals surface area contributed by atoms with Gasteiger partial charge in [0, 0.05) is 11.3 Å². The van der Waals surface area contributed by atoms with Crippen molar-refractivity contribution < 1.29 is 0 Å². The van der Waals surface area contributed by atoms with Crippen molar-refractivity contribution >= 4 is 11.3 Å². The van der Waals surface area contributed by atoms with Crippen molar-refractivity contribution in [3.63, 3.8) is 0 Å². The third-order valence-corrected chi connectivity index (χ3v) is 4.56. The van der Waals surface area contributed by atoms with Crippen LogP contribution in [-0.2, 0) is 0 Å². The van der Waals surface area contributed by atoms with Gasteiger partial charge in [-0.1, -0.05) is 27.2 Å². The van der Waals surface area contributed by atoms with E-state index in [-0.39, 0.29) is 6.04 Å². The summed E-state index contributed by atoms with van der Waals surface area (Å²) >= 11 is 1.79. The molecule has 4 unspecified atom stereocenters. The summed E-state index contributed by atoms with van der Waals surface area (Å²) in [6, 6.07) is 0.119. The molecule has 0 spiro atoms. The molecule has 1 aromatic rings. The normalized spacial score (nSPS) is 28.8. The maximum atomic E-state index is 6.16. The Balaban J connectivity index is 2.06. The van der Waals surface area contributed by atoms with E-state index in [0.29, 0.717) is 5.92 Å². The molecule has 1 saturated carbocycles. The number of hydrogen-bond donors (Lipinski definition) is 1. The zero-order valence-electron chi connectivity index (χ0n) is 9.73. The standard InChI is InChI=1S/C12H20N2S/c1-4-7(2)11(13)10-6-15-12(14-10)9-5-8(9)3/h6-9,11H,4-5,13H2,1-3H3. The molecule has 84 valence electrons. The molecule has 3 heteroatoms. The van der Waals surface area contributed by atoms with Gasteiger partial charge in [0.1, 0.15) is 0 Å². The van der Waals surface area contributed by atoms with E-state index in [2.05, 4.69) is 31.1 Å². The van der Waals surface area contributed by atoms with E-state index in [1.165, 1.54) is 11.4 Å². The maximum Gasteiger partial charge on any atom is 0.0962 e. The second-order valence-corrected chi connectivity index (χ2v) is 5.73. The van der Waals surface area contributed by atoms with Crippen LogP contribution in [0, 0.1) is 11.8 Å². The largest absolute Gasteiger partial charge is 0.322 e. The number of nitrogens with two attached hydrogens (primary N) is 1. The van der Waals surface area contributed by atoms with Gasteiger partial charge in [-0.3, -0.25) is 0 Å². The van der Waals surface area contributed by atoms with E-state index < -0.39 is 0 Å². The number of rotatable bonds is 4. The Labute approximate surface area is 95.9 Å². The Bertz CT molecular complexity index is 334. The summed E-state index contributed by atoms with van der Waals surface area (Å²) < 4.78 is 0. The van der Waals surface area contributed by atoms with Crippen LogP contribution in [0.5, 0.6) is 0 Å². The van der Waals surface area contributed by atoms with E-state index in [1.54, 1.807) is 11.3 Å². The van der Waals surface area contributed by atoms with Crippen LogP contribution in [-0.4, -0.2) is 4.98 Å². The van der Waals surface area contributed by atoms with Crippen LogP contribution >= 0.6 is 11.3 Å². The minimum atomic E-state index is 0.119. The van der Waals surface area contributed by atoms with Gasteiger partial charge in [0.2, 0.25) is 0 Å². The lowest BCUT2D eigenvalue weighted by molar-refractivity contribution is 0.449. The van der Waals surface area contributed by atoms with Crippen molar-refractivity contribution in [2.75, 3.05) is 0 Å². The molecule has 0 radical (unpaired) electrons. The van der Waals surface area contributed by atoms with Crippen LogP contribution in [0.1, 0.15) is 56.3 Å². The third kappa shape index (κ3) is 2.23. The Hall–Kier alpha value is -0.410. The van der Waals surface area contributed by atoms with E-state index >= 15 is 0 Å². The molecule has 0 saturated heterocycles. The van der Waals surface area contributed by atoms with Crippen molar-refractivity contribution in [3.8, 4) is 0 Å². The maximum absolute atomic E-state index is 6.16. The van der Waals surface area contributed by atoms with Crippen molar-refractivity contribution in [2.45, 2.75) is 45.6 Å². The van der Waals surface area contributed by atoms with Crippen molar-refractivity contribution in [3.05, 3.63) is 16.1 Å². The van der Waals surface area contributed by atoms with Crippen LogP contribution in [0.3, 0.4) is 0 Å². The van der Waals surface area contributed by atoms with Crippen molar-refractivity contribution in [1.29, 1.82) is 0 Å². The lowest BCUT2D eigenvalue weighted by Crippen LogP contribution is -2.18. The van der Waals surface area contributed by atoms with E-state index in [1.807, 2.05) is 0 Å². The molecule has 1 aromatic heterocycles. The first kappa shape index (κ1) is 11.1. The molecule has 0 aliphatic heterocycles. The summed E-state index contributed by atoms with van der Waals surface area (Å²) in [6.07, 6.45) is 2.43. The first-order valence-corrected chi connectivity index (χ1v) is 6.72. The Morgan fingerprint density at radius 2 is 2.33 bits per heavy atom. The van der Waals surface area contributed by atoms with Crippen LogP contribution in [0.2, 0.25) is 0 Å². The van der Waals surface area contributed by atoms with Crippen LogP contribution in [0.4, 0.5) is 0 Å². The van der Waals surface area contributed by atoms with Gasteiger partial charge in [0.25, 0.3) is 0 Å². The average molecular weight is 224 g/mol. The third-order valence-electron chi connectivity index (χ3n) is 3.56. The Morgan fingerprint density at radius 1 is 1.67 bits per heavy atom. The van der Waals surface area contributed by atoms with Gasteiger partial charge in [0.05, 0.1) is 16.7 Å². The van der Waals surface area contributed by atoms with Crippen LogP contribution < -0.4 is 5.73 Å². The molecule has 0 bridgehead atoms. The smallest absolute Gasteiger partial charge is 0.0962 e. The Morgan fingerprint density at radius 3 is 2.87 bits per heavy atom. The average Bonchev–Trinajstić information content (AvgIpc) is 2.80. The molecule has 1 fully saturated rings. The van der Waals surface area contributed by atoms with E-state index in [0.717, 1.165) is 24.0 Å². The molecule has 2 N–H and O–H groups in total. The predicted octanol–water partition coefficient (Wildman–Crippen LogP) is 3.31. The highest BCUT2D eigenvalue weighted by molar-refractivity contribution is 7.09. The first-order chi connectivity index (χ1) is 7.13. The van der Waals surface area contributed by atoms with E-state index in [9.17, 15) is 0 Å². The molecule has 2 nitrogen and oxygen atoms in total. The summed E-state index contributed by atoms with van der Waals surface area (Å²) in [7, 11) is 0. The molecule has 15 heavy (non-hydrogen) atoms. The van der Waals surface area contributed by atoms with Gasteiger partial charge in [-0.2, -0.15) is 0 Å². The summed E-state index contributed by atoms with van der Waals surface area (Å²) in [5.41, 5.74) is 7.26. The fraction of sp³-hybridized carbons (Fsp3) is 0.750. The summed E-state index contributed by atoms with van der Waals surface area (Å²) in [5, 5.41) is 3.45. The second-order valence-electron chi connectivity index (χ2n) is 4.84. The molecular weight excluding hydrogens is 204 g/mol. The lowest BCUT2D eigenvalue weighted by Gasteiger charge is -2.15. The number of thiazole rings is 1. The van der Waals surface area contributed by atoms with Crippen molar-refractivity contribution in [1.82, 2.24) is 4.98 Å². The monoisotopic (exact) mass is 224 g/mol. The minimum Gasteiger partial charge on any atom is -0.322 e. The summed E-state index contributed by atoms with van der Waals surface area (Å²) in [4.78, 5) is 4.69. The molecule has 1 heterocycles. The van der Waals surface area contributed by atoms with Gasteiger partial charge < -0.3 is 5.73 Å². The highest BCUT2D eigenvalue weighted by Gasteiger charge is 2.36. The fourth-order valence-corrected chi connectivity index (χ4v) is 2.95. The van der Waals surface area contributed by atoms with Crippen LogP contribution in [0.15, 0.2) is 5.38 Å². The number of hydrogen-bond acceptors (Lipinski definition) is 3. The summed E-state index contributed by atoms with van der Waals surface area (Å²) in [6.45, 7) is 6.67. The van der Waals surface area contributed by atoms with Crippen LogP contribution in [0.25, 0.3) is 0 Å². The van der Waals surface area contributed by atoms with Gasteiger partial charge in [0.15, 0.2) is 0 Å². The molecular formula is C12H20N2S. The van der Waals surface area contributed by atoms with Gasteiger partial charge in [-0.15, -0.1) is 11.3 Å². The van der Waals surface area contributed by atoms with Gasteiger partial charge in [-0.05, 0) is 18.3 Å². The lowest BCUT2D eigenvalue weighted by atomic mass is 9.98.